The van der Waals surface area contributed by atoms with Crippen LogP contribution in [-0.2, 0) is 5.60 Å². The summed E-state index contributed by atoms with van der Waals surface area (Å²) in [6, 6.07) is 7.63. The Balaban J connectivity index is 2.38. The topological polar surface area (TPSA) is 42.4 Å². The number of aliphatic hydroxyl groups is 1. The molecule has 4 heteroatoms. The fourth-order valence-electron chi connectivity index (χ4n) is 1.98. The summed E-state index contributed by atoms with van der Waals surface area (Å²) in [7, 11) is 0. The van der Waals surface area contributed by atoms with Gasteiger partial charge in [0, 0.05) is 11.8 Å². The summed E-state index contributed by atoms with van der Waals surface area (Å²) in [5.41, 5.74) is -0.298. The zero-order valence-electron chi connectivity index (χ0n) is 11.8. The highest BCUT2D eigenvalue weighted by atomic mass is 19.1. The van der Waals surface area contributed by atoms with Crippen molar-refractivity contribution in [2.45, 2.75) is 32.5 Å². The lowest BCUT2D eigenvalue weighted by Crippen LogP contribution is -2.23. The van der Waals surface area contributed by atoms with Crippen LogP contribution in [0.15, 0.2) is 42.7 Å². The molecule has 0 aliphatic heterocycles. The molecule has 1 heterocycles. The third-order valence-electron chi connectivity index (χ3n) is 3.03. The van der Waals surface area contributed by atoms with Gasteiger partial charge in [-0.15, -0.1) is 0 Å². The Morgan fingerprint density at radius 2 is 1.95 bits per heavy atom. The van der Waals surface area contributed by atoms with Crippen LogP contribution in [0.1, 0.15) is 31.9 Å². The van der Waals surface area contributed by atoms with Crippen molar-refractivity contribution in [3.63, 3.8) is 0 Å². The van der Waals surface area contributed by atoms with Gasteiger partial charge in [-0.25, -0.2) is 4.39 Å². The number of halogens is 1. The Kier molecular flexibility index (Phi) is 4.04. The summed E-state index contributed by atoms with van der Waals surface area (Å²) in [5.74, 6) is 0.194. The molecule has 0 saturated carbocycles. The standard InChI is InChI=1S/C16H18FNO2/c1-11(2)20-15-8-13(9-18-10-15)16(3,19)12-5-4-6-14(17)7-12/h4-11,19H,1-3H3. The summed E-state index contributed by atoms with van der Waals surface area (Å²) >= 11 is 0. The maximum Gasteiger partial charge on any atom is 0.138 e. The van der Waals surface area contributed by atoms with Crippen molar-refractivity contribution in [3.8, 4) is 5.75 Å². The third-order valence-corrected chi connectivity index (χ3v) is 3.03. The van der Waals surface area contributed by atoms with Gasteiger partial charge in [-0.3, -0.25) is 4.98 Å². The lowest BCUT2D eigenvalue weighted by molar-refractivity contribution is 0.101. The van der Waals surface area contributed by atoms with E-state index in [0.29, 0.717) is 16.9 Å². The molecule has 0 bridgehead atoms. The number of pyridine rings is 1. The van der Waals surface area contributed by atoms with Crippen LogP contribution in [-0.4, -0.2) is 16.2 Å². The fourth-order valence-corrected chi connectivity index (χ4v) is 1.98. The van der Waals surface area contributed by atoms with Crippen molar-refractivity contribution in [1.29, 1.82) is 0 Å². The average Bonchev–Trinajstić information content (AvgIpc) is 2.38. The van der Waals surface area contributed by atoms with E-state index in [1.54, 1.807) is 37.5 Å². The van der Waals surface area contributed by atoms with Gasteiger partial charge in [-0.1, -0.05) is 12.1 Å². The number of rotatable bonds is 4. The van der Waals surface area contributed by atoms with Crippen LogP contribution in [0.5, 0.6) is 5.75 Å². The Morgan fingerprint density at radius 1 is 1.20 bits per heavy atom. The largest absolute Gasteiger partial charge is 0.489 e. The lowest BCUT2D eigenvalue weighted by atomic mass is 9.89. The smallest absolute Gasteiger partial charge is 0.138 e. The van der Waals surface area contributed by atoms with Gasteiger partial charge in [0.15, 0.2) is 0 Å². The first kappa shape index (κ1) is 14.5. The van der Waals surface area contributed by atoms with Crippen molar-refractivity contribution >= 4 is 0 Å². The third kappa shape index (κ3) is 3.14. The fraction of sp³-hybridized carbons (Fsp3) is 0.312. The van der Waals surface area contributed by atoms with Gasteiger partial charge < -0.3 is 9.84 Å². The van der Waals surface area contributed by atoms with Gasteiger partial charge in [-0.05, 0) is 44.5 Å². The number of ether oxygens (including phenoxy) is 1. The molecule has 2 aromatic rings. The number of nitrogens with zero attached hydrogens (tertiary/aromatic N) is 1. The van der Waals surface area contributed by atoms with Crippen molar-refractivity contribution in [3.05, 3.63) is 59.7 Å². The predicted octanol–water partition coefficient (Wildman–Crippen LogP) is 3.26. The molecule has 0 aliphatic rings. The van der Waals surface area contributed by atoms with Crippen molar-refractivity contribution in [1.82, 2.24) is 4.98 Å². The maximum absolute atomic E-state index is 13.3. The summed E-state index contributed by atoms with van der Waals surface area (Å²) < 4.78 is 18.9. The molecule has 1 aromatic carbocycles. The van der Waals surface area contributed by atoms with Crippen LogP contribution in [0.25, 0.3) is 0 Å². The molecule has 0 amide bonds. The van der Waals surface area contributed by atoms with Gasteiger partial charge in [-0.2, -0.15) is 0 Å². The minimum Gasteiger partial charge on any atom is -0.489 e. The molecule has 0 fully saturated rings. The first-order chi connectivity index (χ1) is 9.39. The number of hydrogen-bond donors (Lipinski definition) is 1. The number of benzene rings is 1. The number of hydrogen-bond acceptors (Lipinski definition) is 3. The molecular formula is C16H18FNO2. The molecule has 1 N–H and O–H groups in total. The van der Waals surface area contributed by atoms with E-state index in [-0.39, 0.29) is 11.9 Å². The summed E-state index contributed by atoms with van der Waals surface area (Å²) in [6.45, 7) is 5.44. The van der Waals surface area contributed by atoms with E-state index in [0.717, 1.165) is 0 Å². The van der Waals surface area contributed by atoms with E-state index in [2.05, 4.69) is 4.98 Å². The van der Waals surface area contributed by atoms with Crippen LogP contribution in [0.4, 0.5) is 4.39 Å². The molecule has 3 nitrogen and oxygen atoms in total. The van der Waals surface area contributed by atoms with Crippen molar-refractivity contribution < 1.29 is 14.2 Å². The van der Waals surface area contributed by atoms with Crippen LogP contribution in [0.2, 0.25) is 0 Å². The zero-order valence-corrected chi connectivity index (χ0v) is 11.8. The second-order valence-corrected chi connectivity index (χ2v) is 5.16. The first-order valence-corrected chi connectivity index (χ1v) is 6.50. The molecule has 1 aromatic heterocycles. The molecule has 0 saturated heterocycles. The number of aromatic nitrogens is 1. The molecule has 20 heavy (non-hydrogen) atoms. The van der Waals surface area contributed by atoms with E-state index in [1.807, 2.05) is 13.8 Å². The molecule has 0 spiro atoms. The second-order valence-electron chi connectivity index (χ2n) is 5.16. The zero-order chi connectivity index (χ0) is 14.8. The summed E-state index contributed by atoms with van der Waals surface area (Å²) in [6.07, 6.45) is 3.16. The predicted molar refractivity (Wildman–Crippen MR) is 75.1 cm³/mol. The molecule has 1 unspecified atom stereocenters. The van der Waals surface area contributed by atoms with E-state index in [9.17, 15) is 9.50 Å². The average molecular weight is 275 g/mol. The highest BCUT2D eigenvalue weighted by molar-refractivity contribution is 5.37. The minimum absolute atomic E-state index is 0.0196. The van der Waals surface area contributed by atoms with Gasteiger partial charge in [0.25, 0.3) is 0 Å². The quantitative estimate of drug-likeness (QED) is 0.931. The Labute approximate surface area is 118 Å². The lowest BCUT2D eigenvalue weighted by Gasteiger charge is -2.24. The molecule has 1 atom stereocenters. The molecular weight excluding hydrogens is 257 g/mol. The SMILES string of the molecule is CC(C)Oc1cncc(C(C)(O)c2cccc(F)c2)c1. The molecule has 0 aliphatic carbocycles. The van der Waals surface area contributed by atoms with Crippen LogP contribution in [0, 0.1) is 5.82 Å². The van der Waals surface area contributed by atoms with Gasteiger partial charge in [0.05, 0.1) is 12.3 Å². The van der Waals surface area contributed by atoms with Crippen LogP contribution in [0.3, 0.4) is 0 Å². The highest BCUT2D eigenvalue weighted by Crippen LogP contribution is 2.30. The van der Waals surface area contributed by atoms with E-state index in [4.69, 9.17) is 4.74 Å². The minimum atomic E-state index is -1.33. The molecule has 106 valence electrons. The van der Waals surface area contributed by atoms with E-state index < -0.39 is 5.60 Å². The Morgan fingerprint density at radius 3 is 2.60 bits per heavy atom. The van der Waals surface area contributed by atoms with Crippen molar-refractivity contribution in [2.24, 2.45) is 0 Å². The van der Waals surface area contributed by atoms with Crippen LogP contribution < -0.4 is 4.74 Å². The summed E-state index contributed by atoms with van der Waals surface area (Å²) in [4.78, 5) is 4.07. The Bertz CT molecular complexity index is 597. The van der Waals surface area contributed by atoms with Gasteiger partial charge in [0.2, 0.25) is 0 Å². The van der Waals surface area contributed by atoms with Crippen LogP contribution >= 0.6 is 0 Å². The van der Waals surface area contributed by atoms with Gasteiger partial charge >= 0.3 is 0 Å². The molecule has 0 radical (unpaired) electrons. The first-order valence-electron chi connectivity index (χ1n) is 6.50. The monoisotopic (exact) mass is 275 g/mol. The maximum atomic E-state index is 13.3. The van der Waals surface area contributed by atoms with Gasteiger partial charge in [0.1, 0.15) is 17.2 Å². The normalized spacial score (nSPS) is 14.1. The second kappa shape index (κ2) is 5.59. The van der Waals surface area contributed by atoms with E-state index in [1.165, 1.54) is 12.1 Å². The Hall–Kier alpha value is -1.94. The summed E-state index contributed by atoms with van der Waals surface area (Å²) in [5, 5.41) is 10.7. The highest BCUT2D eigenvalue weighted by Gasteiger charge is 2.27. The van der Waals surface area contributed by atoms with E-state index >= 15 is 0 Å². The molecule has 2 rings (SSSR count). The van der Waals surface area contributed by atoms with Crippen molar-refractivity contribution in [2.75, 3.05) is 0 Å².